The molecule has 0 N–H and O–H groups in total. The van der Waals surface area contributed by atoms with Crippen LogP contribution in [-0.2, 0) is 0 Å². The molecule has 7 heteroatoms. The van der Waals surface area contributed by atoms with Crippen molar-refractivity contribution in [3.8, 4) is 5.75 Å². The quantitative estimate of drug-likeness (QED) is 0.581. The number of rotatable bonds is 3. The Kier molecular flexibility index (Phi) is 3.07. The van der Waals surface area contributed by atoms with E-state index in [1.54, 1.807) is 6.92 Å². The summed E-state index contributed by atoms with van der Waals surface area (Å²) < 4.78 is 4.89. The predicted octanol–water partition coefficient (Wildman–Crippen LogP) is 2.13. The number of benzene rings is 1. The summed E-state index contributed by atoms with van der Waals surface area (Å²) in [7, 11) is 1.29. The van der Waals surface area contributed by atoms with E-state index >= 15 is 0 Å². The van der Waals surface area contributed by atoms with E-state index in [2.05, 4.69) is 0 Å². The molecule has 16 heavy (non-hydrogen) atoms. The molecule has 0 radical (unpaired) electrons. The number of ether oxygens (including phenoxy) is 1. The van der Waals surface area contributed by atoms with Gasteiger partial charge in [0.25, 0.3) is 5.69 Å². The van der Waals surface area contributed by atoms with Crippen molar-refractivity contribution in [2.45, 2.75) is 13.8 Å². The van der Waals surface area contributed by atoms with Crippen LogP contribution in [-0.4, -0.2) is 17.0 Å². The number of nitrogens with zero attached hydrogens (tertiary/aromatic N) is 2. The molecular weight excluding hydrogens is 216 g/mol. The molecule has 0 aliphatic heterocycles. The number of methoxy groups -OCH3 is 1. The normalized spacial score (nSPS) is 9.94. The van der Waals surface area contributed by atoms with E-state index in [0.717, 1.165) is 6.07 Å². The van der Waals surface area contributed by atoms with Crippen LogP contribution in [0.1, 0.15) is 11.1 Å². The van der Waals surface area contributed by atoms with Gasteiger partial charge in [-0.1, -0.05) is 0 Å². The molecule has 0 aliphatic rings. The Bertz CT molecular complexity index is 469. The third-order valence-electron chi connectivity index (χ3n) is 2.39. The average Bonchev–Trinajstić information content (AvgIpc) is 2.20. The molecule has 0 unspecified atom stereocenters. The minimum atomic E-state index is -0.696. The highest BCUT2D eigenvalue weighted by Gasteiger charge is 2.26. The van der Waals surface area contributed by atoms with E-state index in [1.165, 1.54) is 14.0 Å². The van der Waals surface area contributed by atoms with Crippen molar-refractivity contribution in [1.82, 2.24) is 0 Å². The van der Waals surface area contributed by atoms with Crippen molar-refractivity contribution >= 4 is 11.4 Å². The van der Waals surface area contributed by atoms with Gasteiger partial charge in [0, 0.05) is 11.1 Å². The van der Waals surface area contributed by atoms with Crippen LogP contribution < -0.4 is 4.74 Å². The van der Waals surface area contributed by atoms with E-state index in [9.17, 15) is 20.2 Å². The van der Waals surface area contributed by atoms with Crippen LogP contribution >= 0.6 is 0 Å². The van der Waals surface area contributed by atoms with Crippen LogP contribution in [0.5, 0.6) is 5.75 Å². The Morgan fingerprint density at radius 3 is 1.94 bits per heavy atom. The summed E-state index contributed by atoms with van der Waals surface area (Å²) in [5, 5.41) is 21.4. The van der Waals surface area contributed by atoms with Gasteiger partial charge in [0.15, 0.2) is 0 Å². The average molecular weight is 226 g/mol. The summed E-state index contributed by atoms with van der Waals surface area (Å²) in [6.07, 6.45) is 0. The number of nitro benzene ring substituents is 2. The van der Waals surface area contributed by atoms with Gasteiger partial charge >= 0.3 is 5.69 Å². The van der Waals surface area contributed by atoms with Crippen molar-refractivity contribution in [2.24, 2.45) is 0 Å². The van der Waals surface area contributed by atoms with Gasteiger partial charge in [-0.15, -0.1) is 0 Å². The van der Waals surface area contributed by atoms with Crippen LogP contribution in [0.25, 0.3) is 0 Å². The van der Waals surface area contributed by atoms with E-state index in [0.29, 0.717) is 11.1 Å². The predicted molar refractivity (Wildman–Crippen MR) is 55.8 cm³/mol. The zero-order valence-corrected chi connectivity index (χ0v) is 9.01. The van der Waals surface area contributed by atoms with E-state index in [1.807, 2.05) is 0 Å². The van der Waals surface area contributed by atoms with Gasteiger partial charge in [-0.05, 0) is 13.8 Å². The van der Waals surface area contributed by atoms with Crippen molar-refractivity contribution in [2.75, 3.05) is 7.11 Å². The van der Waals surface area contributed by atoms with Gasteiger partial charge < -0.3 is 4.74 Å². The van der Waals surface area contributed by atoms with Gasteiger partial charge in [0.2, 0.25) is 5.75 Å². The van der Waals surface area contributed by atoms with E-state index in [-0.39, 0.29) is 11.4 Å². The Hall–Kier alpha value is -2.18. The largest absolute Gasteiger partial charge is 0.490 e. The van der Waals surface area contributed by atoms with Crippen LogP contribution in [0.2, 0.25) is 0 Å². The van der Waals surface area contributed by atoms with E-state index in [4.69, 9.17) is 4.74 Å². The maximum atomic E-state index is 10.7. The number of hydrogen-bond donors (Lipinski definition) is 0. The topological polar surface area (TPSA) is 95.5 Å². The van der Waals surface area contributed by atoms with Gasteiger partial charge in [-0.25, -0.2) is 0 Å². The van der Waals surface area contributed by atoms with E-state index < -0.39 is 15.5 Å². The Morgan fingerprint density at radius 1 is 1.06 bits per heavy atom. The minimum absolute atomic E-state index is 0.0631. The standard InChI is InChI=1S/C9H10N2O5/c1-5-6(2)9(16-3)8(11(14)15)4-7(5)10(12)13/h4H,1-3H3. The SMILES string of the molecule is COc1c([N+](=O)[O-])cc([N+](=O)[O-])c(C)c1C. The zero-order chi connectivity index (χ0) is 12.5. The first kappa shape index (κ1) is 11.9. The molecule has 0 spiro atoms. The summed E-state index contributed by atoms with van der Waals surface area (Å²) in [6, 6.07) is 0.918. The molecule has 0 aromatic heterocycles. The van der Waals surface area contributed by atoms with Gasteiger partial charge in [0.05, 0.1) is 23.0 Å². The second kappa shape index (κ2) is 4.13. The van der Waals surface area contributed by atoms with Crippen molar-refractivity contribution in [3.63, 3.8) is 0 Å². The highest BCUT2D eigenvalue weighted by Crippen LogP contribution is 2.37. The molecule has 1 aromatic carbocycles. The molecule has 0 saturated carbocycles. The third kappa shape index (κ3) is 1.79. The molecule has 0 saturated heterocycles. The molecule has 0 heterocycles. The highest BCUT2D eigenvalue weighted by atomic mass is 16.6. The summed E-state index contributed by atoms with van der Waals surface area (Å²) in [6.45, 7) is 3.08. The van der Waals surface area contributed by atoms with Crippen LogP contribution in [0.4, 0.5) is 11.4 Å². The molecule has 0 fully saturated rings. The molecule has 1 rings (SSSR count). The van der Waals surface area contributed by atoms with Crippen LogP contribution in [0.15, 0.2) is 6.07 Å². The Morgan fingerprint density at radius 2 is 1.56 bits per heavy atom. The molecule has 0 atom stereocenters. The smallest absolute Gasteiger partial charge is 0.318 e. The molecule has 1 aromatic rings. The highest BCUT2D eigenvalue weighted by molar-refractivity contribution is 5.62. The Labute approximate surface area is 90.9 Å². The second-order valence-corrected chi connectivity index (χ2v) is 3.21. The van der Waals surface area contributed by atoms with Crippen LogP contribution in [0.3, 0.4) is 0 Å². The number of nitro groups is 2. The van der Waals surface area contributed by atoms with Crippen molar-refractivity contribution < 1.29 is 14.6 Å². The fraction of sp³-hybridized carbons (Fsp3) is 0.333. The number of hydrogen-bond acceptors (Lipinski definition) is 5. The first-order valence-corrected chi connectivity index (χ1v) is 4.37. The molecule has 0 bridgehead atoms. The minimum Gasteiger partial charge on any atom is -0.490 e. The first-order valence-electron chi connectivity index (χ1n) is 4.37. The second-order valence-electron chi connectivity index (χ2n) is 3.21. The zero-order valence-electron chi connectivity index (χ0n) is 9.01. The molecule has 7 nitrogen and oxygen atoms in total. The molecular formula is C9H10N2O5. The van der Waals surface area contributed by atoms with Gasteiger partial charge in [0.1, 0.15) is 0 Å². The maximum absolute atomic E-state index is 10.7. The summed E-state index contributed by atoms with van der Waals surface area (Å²) >= 11 is 0. The monoisotopic (exact) mass is 226 g/mol. The maximum Gasteiger partial charge on any atom is 0.318 e. The lowest BCUT2D eigenvalue weighted by Gasteiger charge is -2.08. The van der Waals surface area contributed by atoms with Crippen molar-refractivity contribution in [1.29, 1.82) is 0 Å². The summed E-state index contributed by atoms with van der Waals surface area (Å²) in [5.74, 6) is 0.0631. The lowest BCUT2D eigenvalue weighted by atomic mass is 10.1. The fourth-order valence-corrected chi connectivity index (χ4v) is 1.44. The molecule has 0 aliphatic carbocycles. The fourth-order valence-electron chi connectivity index (χ4n) is 1.44. The van der Waals surface area contributed by atoms with Gasteiger partial charge in [-0.3, -0.25) is 20.2 Å². The van der Waals surface area contributed by atoms with Crippen molar-refractivity contribution in [3.05, 3.63) is 37.4 Å². The lowest BCUT2D eigenvalue weighted by molar-refractivity contribution is -0.395. The molecule has 86 valence electrons. The Balaban J connectivity index is 3.62. The third-order valence-corrected chi connectivity index (χ3v) is 2.39. The molecule has 0 amide bonds. The lowest BCUT2D eigenvalue weighted by Crippen LogP contribution is -2.01. The summed E-state index contributed by atoms with van der Waals surface area (Å²) in [5.41, 5.74) is 0.109. The van der Waals surface area contributed by atoms with Crippen LogP contribution in [0, 0.1) is 34.1 Å². The summed E-state index contributed by atoms with van der Waals surface area (Å²) in [4.78, 5) is 20.1. The first-order chi connectivity index (χ1) is 7.40. The van der Waals surface area contributed by atoms with Gasteiger partial charge in [-0.2, -0.15) is 0 Å².